The van der Waals surface area contributed by atoms with Gasteiger partial charge < -0.3 is 14.2 Å². The van der Waals surface area contributed by atoms with Crippen LogP contribution >= 0.6 is 0 Å². The van der Waals surface area contributed by atoms with Crippen molar-refractivity contribution < 1.29 is 4.42 Å². The Morgan fingerprint density at radius 3 is 1.72 bits per heavy atom. The molecule has 0 bridgehead atoms. The number of hydrogen-bond donors (Lipinski definition) is 0. The van der Waals surface area contributed by atoms with Crippen LogP contribution in [-0.4, -0.2) is 0 Å². The molecule has 0 spiro atoms. The lowest BCUT2D eigenvalue weighted by Crippen LogP contribution is -2.30. The lowest BCUT2D eigenvalue weighted by Gasteiger charge is -2.42. The summed E-state index contributed by atoms with van der Waals surface area (Å²) in [6.45, 7) is 9.36. The fourth-order valence-electron chi connectivity index (χ4n) is 9.75. The standard InChI is InChI=1S/C54H42N2O/c1-53(2)45-20-10-8-18-40(45)41-31-30-38(34-48(41)53)55(36-16-6-5-7-17-36)37-28-26-35(27-29-37)43-32-39(33-44-42-19-9-15-25-51(42)57-52(43)44)56-49-23-13-11-21-46(49)54(3,4)47-22-12-14-24-50(47)56/h5-34H,1-4H3. The van der Waals surface area contributed by atoms with Crippen LogP contribution in [0.25, 0.3) is 44.2 Å². The van der Waals surface area contributed by atoms with Gasteiger partial charge in [-0.3, -0.25) is 0 Å². The van der Waals surface area contributed by atoms with E-state index in [0.717, 1.165) is 55.8 Å². The Hall–Kier alpha value is -6.84. The van der Waals surface area contributed by atoms with Crippen molar-refractivity contribution in [3.63, 3.8) is 0 Å². The Bertz CT molecular complexity index is 2980. The number of hydrogen-bond acceptors (Lipinski definition) is 3. The summed E-state index contributed by atoms with van der Waals surface area (Å²) in [4.78, 5) is 4.82. The number of benzene rings is 8. The van der Waals surface area contributed by atoms with Gasteiger partial charge in [0.05, 0.1) is 11.4 Å². The molecule has 2 heterocycles. The molecule has 274 valence electrons. The quantitative estimate of drug-likeness (QED) is 0.176. The molecule has 0 amide bonds. The minimum Gasteiger partial charge on any atom is -0.455 e. The highest BCUT2D eigenvalue weighted by Gasteiger charge is 2.38. The number of furan rings is 1. The topological polar surface area (TPSA) is 19.6 Å². The molecule has 0 saturated carbocycles. The monoisotopic (exact) mass is 734 g/mol. The molecule has 1 aliphatic heterocycles. The second-order valence-electron chi connectivity index (χ2n) is 16.6. The first-order valence-corrected chi connectivity index (χ1v) is 19.9. The SMILES string of the molecule is CC1(C)c2ccccc2-c2ccc(N(c3ccccc3)c3ccc(-c4cc(N5c6ccccc6C(C)(C)c6ccccc65)cc5c4oc4ccccc45)cc3)cc21. The second-order valence-corrected chi connectivity index (χ2v) is 16.6. The number of anilines is 6. The van der Waals surface area contributed by atoms with Crippen LogP contribution in [0.4, 0.5) is 34.1 Å². The van der Waals surface area contributed by atoms with Crippen molar-refractivity contribution in [3.8, 4) is 22.3 Å². The van der Waals surface area contributed by atoms with Crippen molar-refractivity contribution in [1.82, 2.24) is 0 Å². The van der Waals surface area contributed by atoms with Crippen LogP contribution in [0.5, 0.6) is 0 Å². The molecular weight excluding hydrogens is 693 g/mol. The summed E-state index contributed by atoms with van der Waals surface area (Å²) in [5.74, 6) is 0. The summed E-state index contributed by atoms with van der Waals surface area (Å²) in [6, 6.07) is 66.3. The van der Waals surface area contributed by atoms with Crippen molar-refractivity contribution in [2.24, 2.45) is 0 Å². The maximum Gasteiger partial charge on any atom is 0.143 e. The maximum atomic E-state index is 6.73. The van der Waals surface area contributed by atoms with E-state index in [1.165, 1.54) is 44.8 Å². The number of nitrogens with zero attached hydrogens (tertiary/aromatic N) is 2. The van der Waals surface area contributed by atoms with Gasteiger partial charge in [0.2, 0.25) is 0 Å². The molecule has 0 unspecified atom stereocenters. The van der Waals surface area contributed by atoms with Crippen LogP contribution in [-0.2, 0) is 10.8 Å². The van der Waals surface area contributed by atoms with E-state index in [4.69, 9.17) is 4.42 Å². The zero-order chi connectivity index (χ0) is 38.5. The molecule has 1 aromatic heterocycles. The fourth-order valence-corrected chi connectivity index (χ4v) is 9.75. The summed E-state index contributed by atoms with van der Waals surface area (Å²) in [5, 5.41) is 2.22. The minimum absolute atomic E-state index is 0.0950. The van der Waals surface area contributed by atoms with Crippen LogP contribution in [0.2, 0.25) is 0 Å². The molecule has 3 nitrogen and oxygen atoms in total. The summed E-state index contributed by atoms with van der Waals surface area (Å²) in [7, 11) is 0. The molecule has 0 radical (unpaired) electrons. The van der Waals surface area contributed by atoms with Crippen LogP contribution in [0.3, 0.4) is 0 Å². The first-order chi connectivity index (χ1) is 27.8. The molecule has 0 atom stereocenters. The highest BCUT2D eigenvalue weighted by molar-refractivity contribution is 6.12. The van der Waals surface area contributed by atoms with Crippen LogP contribution < -0.4 is 9.80 Å². The lowest BCUT2D eigenvalue weighted by molar-refractivity contribution is 0.632. The lowest BCUT2D eigenvalue weighted by atomic mass is 9.73. The van der Waals surface area contributed by atoms with Crippen LogP contribution in [0.15, 0.2) is 186 Å². The summed E-state index contributed by atoms with van der Waals surface area (Å²) >= 11 is 0. The van der Waals surface area contributed by atoms with Crippen molar-refractivity contribution in [2.45, 2.75) is 38.5 Å². The van der Waals surface area contributed by atoms with Crippen LogP contribution in [0, 0.1) is 0 Å². The van der Waals surface area contributed by atoms with E-state index < -0.39 is 0 Å². The molecule has 8 aromatic carbocycles. The van der Waals surface area contributed by atoms with Gasteiger partial charge in [0.1, 0.15) is 11.2 Å². The van der Waals surface area contributed by atoms with E-state index in [2.05, 4.69) is 219 Å². The molecule has 0 fully saturated rings. The third-order valence-corrected chi connectivity index (χ3v) is 12.6. The van der Waals surface area contributed by atoms with Gasteiger partial charge in [-0.25, -0.2) is 0 Å². The first kappa shape index (κ1) is 33.5. The van der Waals surface area contributed by atoms with Gasteiger partial charge in [0.15, 0.2) is 0 Å². The fraction of sp³-hybridized carbons (Fsp3) is 0.111. The summed E-state index contributed by atoms with van der Waals surface area (Å²) in [5.41, 5.74) is 18.6. The molecule has 11 rings (SSSR count). The molecule has 1 aliphatic carbocycles. The van der Waals surface area contributed by atoms with Crippen molar-refractivity contribution >= 4 is 56.1 Å². The van der Waals surface area contributed by atoms with Gasteiger partial charge in [-0.2, -0.15) is 0 Å². The molecule has 0 N–H and O–H groups in total. The highest BCUT2D eigenvalue weighted by Crippen LogP contribution is 2.54. The van der Waals surface area contributed by atoms with Gasteiger partial charge in [-0.1, -0.05) is 143 Å². The van der Waals surface area contributed by atoms with Crippen molar-refractivity contribution in [3.05, 3.63) is 204 Å². The molecule has 2 aliphatic rings. The van der Waals surface area contributed by atoms with Gasteiger partial charge in [-0.15, -0.1) is 0 Å². The minimum atomic E-state index is -0.141. The summed E-state index contributed by atoms with van der Waals surface area (Å²) in [6.07, 6.45) is 0. The van der Waals surface area contributed by atoms with E-state index in [1.807, 2.05) is 0 Å². The zero-order valence-electron chi connectivity index (χ0n) is 32.6. The molecule has 57 heavy (non-hydrogen) atoms. The third-order valence-electron chi connectivity index (χ3n) is 12.6. The molecule has 0 saturated heterocycles. The summed E-state index contributed by atoms with van der Waals surface area (Å²) < 4.78 is 6.73. The number of rotatable bonds is 5. The van der Waals surface area contributed by atoms with Crippen LogP contribution in [0.1, 0.15) is 49.9 Å². The van der Waals surface area contributed by atoms with E-state index in [9.17, 15) is 0 Å². The second kappa shape index (κ2) is 12.3. The Balaban J connectivity index is 1.07. The molecule has 9 aromatic rings. The van der Waals surface area contributed by atoms with Gasteiger partial charge in [-0.05, 0) is 106 Å². The first-order valence-electron chi connectivity index (χ1n) is 19.9. The largest absolute Gasteiger partial charge is 0.455 e. The van der Waals surface area contributed by atoms with Gasteiger partial charge in [0, 0.05) is 49.9 Å². The smallest absolute Gasteiger partial charge is 0.143 e. The van der Waals surface area contributed by atoms with Gasteiger partial charge in [0.25, 0.3) is 0 Å². The Labute approximate surface area is 334 Å². The zero-order valence-corrected chi connectivity index (χ0v) is 32.6. The van der Waals surface area contributed by atoms with E-state index in [-0.39, 0.29) is 10.8 Å². The average molecular weight is 735 g/mol. The van der Waals surface area contributed by atoms with E-state index in [1.54, 1.807) is 0 Å². The van der Waals surface area contributed by atoms with Gasteiger partial charge >= 0.3 is 0 Å². The Morgan fingerprint density at radius 2 is 0.982 bits per heavy atom. The van der Waals surface area contributed by atoms with Crippen molar-refractivity contribution in [1.29, 1.82) is 0 Å². The van der Waals surface area contributed by atoms with E-state index >= 15 is 0 Å². The molecule has 3 heteroatoms. The number of para-hydroxylation sites is 4. The van der Waals surface area contributed by atoms with E-state index in [0.29, 0.717) is 0 Å². The third kappa shape index (κ3) is 4.98. The number of fused-ring (bicyclic) bond motifs is 8. The Kier molecular flexibility index (Phi) is 7.25. The maximum absolute atomic E-state index is 6.73. The normalized spacial score (nSPS) is 14.6. The predicted molar refractivity (Wildman–Crippen MR) is 238 cm³/mol. The highest BCUT2D eigenvalue weighted by atomic mass is 16.3. The Morgan fingerprint density at radius 1 is 0.421 bits per heavy atom. The molecular formula is C54H42N2O. The average Bonchev–Trinajstić information content (AvgIpc) is 3.73. The van der Waals surface area contributed by atoms with Crippen molar-refractivity contribution in [2.75, 3.05) is 9.80 Å². The predicted octanol–water partition coefficient (Wildman–Crippen LogP) is 15.1.